The van der Waals surface area contributed by atoms with Crippen LogP contribution in [0.4, 0.5) is 25.0 Å². The Hall–Kier alpha value is -3.62. The molecule has 0 fully saturated rings. The smallest absolute Gasteiger partial charge is 0.411 e. The lowest BCUT2D eigenvalue weighted by atomic mass is 10.2. The van der Waals surface area contributed by atoms with E-state index in [0.29, 0.717) is 16.9 Å². The van der Waals surface area contributed by atoms with E-state index in [9.17, 15) is 18.4 Å². The van der Waals surface area contributed by atoms with Crippen LogP contribution in [-0.4, -0.2) is 32.8 Å². The van der Waals surface area contributed by atoms with Gasteiger partial charge in [-0.05, 0) is 48.0 Å². The summed E-state index contributed by atoms with van der Waals surface area (Å²) in [5.41, 5.74) is 1.59. The lowest BCUT2D eigenvalue weighted by Crippen LogP contribution is -2.11. The van der Waals surface area contributed by atoms with Gasteiger partial charge < -0.3 is 19.5 Å². The quantitative estimate of drug-likeness (QED) is 0.692. The van der Waals surface area contributed by atoms with Crippen LogP contribution in [0.3, 0.4) is 0 Å². The molecule has 2 aromatic rings. The van der Waals surface area contributed by atoms with Gasteiger partial charge in [-0.2, -0.15) is 8.78 Å². The summed E-state index contributed by atoms with van der Waals surface area (Å²) >= 11 is 0. The van der Waals surface area contributed by atoms with E-state index in [1.165, 1.54) is 44.6 Å². The molecule has 2 N–H and O–H groups in total. The van der Waals surface area contributed by atoms with Gasteiger partial charge in [0.25, 0.3) is 0 Å². The molecule has 0 atom stereocenters. The first-order chi connectivity index (χ1) is 13.4. The Kier molecular flexibility index (Phi) is 7.32. The molecule has 0 spiro atoms. The van der Waals surface area contributed by atoms with E-state index >= 15 is 0 Å². The number of hydrogen-bond acceptors (Lipinski definition) is 5. The number of rotatable bonds is 7. The van der Waals surface area contributed by atoms with Gasteiger partial charge in [0.15, 0.2) is 11.5 Å². The number of hydrogen-bond donors (Lipinski definition) is 2. The second-order valence-corrected chi connectivity index (χ2v) is 5.31. The van der Waals surface area contributed by atoms with Crippen molar-refractivity contribution in [2.75, 3.05) is 24.9 Å². The van der Waals surface area contributed by atoms with Gasteiger partial charge in [-0.25, -0.2) is 4.79 Å². The van der Waals surface area contributed by atoms with Gasteiger partial charge in [0, 0.05) is 17.5 Å². The molecule has 0 unspecified atom stereocenters. The van der Waals surface area contributed by atoms with Crippen LogP contribution in [0.25, 0.3) is 6.08 Å². The predicted octanol–water partition coefficient (Wildman–Crippen LogP) is 4.13. The summed E-state index contributed by atoms with van der Waals surface area (Å²) in [4.78, 5) is 23.1. The second kappa shape index (κ2) is 9.91. The molecule has 2 rings (SSSR count). The molecule has 2 amide bonds. The number of carbonyl (C=O) groups excluding carboxylic acids is 2. The summed E-state index contributed by atoms with van der Waals surface area (Å²) in [7, 11) is 2.58. The average Bonchev–Trinajstić information content (AvgIpc) is 2.68. The van der Waals surface area contributed by atoms with E-state index in [-0.39, 0.29) is 11.5 Å². The van der Waals surface area contributed by atoms with Gasteiger partial charge in [-0.3, -0.25) is 10.1 Å². The highest BCUT2D eigenvalue weighted by Gasteiger charge is 2.10. The molecule has 0 heterocycles. The monoisotopic (exact) mass is 392 g/mol. The van der Waals surface area contributed by atoms with Crippen molar-refractivity contribution in [1.29, 1.82) is 0 Å². The molecule has 0 aliphatic carbocycles. The van der Waals surface area contributed by atoms with Crippen LogP contribution in [0.15, 0.2) is 48.5 Å². The maximum absolute atomic E-state index is 12.3. The third-order valence-corrected chi connectivity index (χ3v) is 3.42. The third kappa shape index (κ3) is 6.27. The van der Waals surface area contributed by atoms with E-state index in [4.69, 9.17) is 4.74 Å². The standard InChI is InChI=1S/C19H18F2N2O5/c1-26-16-11-12(3-9-15(16)28-18(20)21)4-10-17(24)22-13-5-7-14(8-6-13)23-19(25)27-2/h3-11,18H,1-2H3,(H,22,24)(H,23,25). The van der Waals surface area contributed by atoms with Crippen LogP contribution in [0.1, 0.15) is 5.56 Å². The van der Waals surface area contributed by atoms with Crippen molar-refractivity contribution < 1.29 is 32.6 Å². The number of alkyl halides is 2. The van der Waals surface area contributed by atoms with Crippen molar-refractivity contribution in [2.24, 2.45) is 0 Å². The zero-order valence-electron chi connectivity index (χ0n) is 15.1. The van der Waals surface area contributed by atoms with Crippen molar-refractivity contribution in [2.45, 2.75) is 6.61 Å². The van der Waals surface area contributed by atoms with Crippen molar-refractivity contribution in [3.8, 4) is 11.5 Å². The van der Waals surface area contributed by atoms with Gasteiger partial charge in [0.2, 0.25) is 5.91 Å². The second-order valence-electron chi connectivity index (χ2n) is 5.31. The fourth-order valence-electron chi connectivity index (χ4n) is 2.14. The van der Waals surface area contributed by atoms with Crippen LogP contribution >= 0.6 is 0 Å². The summed E-state index contributed by atoms with van der Waals surface area (Å²) in [5, 5.41) is 5.14. The van der Waals surface area contributed by atoms with Crippen LogP contribution < -0.4 is 20.1 Å². The number of methoxy groups -OCH3 is 2. The molecule has 0 saturated heterocycles. The number of carbonyl (C=O) groups is 2. The summed E-state index contributed by atoms with van der Waals surface area (Å²) in [6.45, 7) is -2.96. The molecule has 9 heteroatoms. The van der Waals surface area contributed by atoms with Crippen LogP contribution in [0.5, 0.6) is 11.5 Å². The molecule has 0 aromatic heterocycles. The first kappa shape index (κ1) is 20.7. The van der Waals surface area contributed by atoms with Gasteiger partial charge in [-0.1, -0.05) is 6.07 Å². The van der Waals surface area contributed by atoms with E-state index in [1.54, 1.807) is 24.3 Å². The summed E-state index contributed by atoms with van der Waals surface area (Å²) in [6.07, 6.45) is 2.18. The predicted molar refractivity (Wildman–Crippen MR) is 99.8 cm³/mol. The summed E-state index contributed by atoms with van der Waals surface area (Å²) < 4.78 is 38.5. The Bertz CT molecular complexity index is 854. The fourth-order valence-corrected chi connectivity index (χ4v) is 2.14. The number of ether oxygens (including phenoxy) is 3. The normalized spacial score (nSPS) is 10.6. The topological polar surface area (TPSA) is 85.9 Å². The Balaban J connectivity index is 1.98. The Morgan fingerprint density at radius 2 is 1.61 bits per heavy atom. The largest absolute Gasteiger partial charge is 0.493 e. The van der Waals surface area contributed by atoms with E-state index in [2.05, 4.69) is 20.1 Å². The van der Waals surface area contributed by atoms with Gasteiger partial charge >= 0.3 is 12.7 Å². The van der Waals surface area contributed by atoms with Crippen molar-refractivity contribution in [1.82, 2.24) is 0 Å². The molecule has 0 radical (unpaired) electrons. The SMILES string of the molecule is COC(=O)Nc1ccc(NC(=O)C=Cc2ccc(OC(F)F)c(OC)c2)cc1. The zero-order chi connectivity index (χ0) is 20.5. The lowest BCUT2D eigenvalue weighted by molar-refractivity contribution is -0.111. The minimum atomic E-state index is -2.96. The first-order valence-corrected chi connectivity index (χ1v) is 7.98. The Morgan fingerprint density at radius 1 is 0.964 bits per heavy atom. The fraction of sp³-hybridized carbons (Fsp3) is 0.158. The van der Waals surface area contributed by atoms with E-state index < -0.39 is 18.6 Å². The average molecular weight is 392 g/mol. The summed E-state index contributed by atoms with van der Waals surface area (Å²) in [6, 6.07) is 10.7. The van der Waals surface area contributed by atoms with Crippen molar-refractivity contribution in [3.63, 3.8) is 0 Å². The highest BCUT2D eigenvalue weighted by molar-refractivity contribution is 6.02. The van der Waals surface area contributed by atoms with E-state index in [0.717, 1.165) is 0 Å². The molecular weight excluding hydrogens is 374 g/mol. The molecule has 148 valence electrons. The maximum atomic E-state index is 12.3. The molecule has 2 aromatic carbocycles. The van der Waals surface area contributed by atoms with E-state index in [1.807, 2.05) is 0 Å². The number of nitrogens with one attached hydrogen (secondary N) is 2. The molecule has 0 bridgehead atoms. The molecular formula is C19H18F2N2O5. The zero-order valence-corrected chi connectivity index (χ0v) is 15.1. The Morgan fingerprint density at radius 3 is 2.18 bits per heavy atom. The minimum Gasteiger partial charge on any atom is -0.493 e. The Labute approximate surface area is 159 Å². The molecule has 0 saturated carbocycles. The van der Waals surface area contributed by atoms with Gasteiger partial charge in [0.05, 0.1) is 14.2 Å². The molecule has 0 aliphatic rings. The maximum Gasteiger partial charge on any atom is 0.411 e. The van der Waals surface area contributed by atoms with Crippen LogP contribution in [-0.2, 0) is 9.53 Å². The van der Waals surface area contributed by atoms with Crippen molar-refractivity contribution in [3.05, 3.63) is 54.1 Å². The number of amides is 2. The highest BCUT2D eigenvalue weighted by atomic mass is 19.3. The minimum absolute atomic E-state index is 0.0974. The van der Waals surface area contributed by atoms with Crippen LogP contribution in [0, 0.1) is 0 Å². The number of anilines is 2. The summed E-state index contributed by atoms with van der Waals surface area (Å²) in [5.74, 6) is -0.378. The first-order valence-electron chi connectivity index (χ1n) is 7.98. The number of halogens is 2. The highest BCUT2D eigenvalue weighted by Crippen LogP contribution is 2.29. The molecule has 0 aliphatic heterocycles. The van der Waals surface area contributed by atoms with Gasteiger partial charge in [-0.15, -0.1) is 0 Å². The van der Waals surface area contributed by atoms with Crippen LogP contribution in [0.2, 0.25) is 0 Å². The third-order valence-electron chi connectivity index (χ3n) is 3.42. The van der Waals surface area contributed by atoms with Crippen molar-refractivity contribution >= 4 is 29.5 Å². The number of benzene rings is 2. The molecule has 7 nitrogen and oxygen atoms in total. The van der Waals surface area contributed by atoms with Gasteiger partial charge in [0.1, 0.15) is 0 Å². The lowest BCUT2D eigenvalue weighted by Gasteiger charge is -2.10. The molecule has 28 heavy (non-hydrogen) atoms.